The van der Waals surface area contributed by atoms with E-state index < -0.39 is 0 Å². The van der Waals surface area contributed by atoms with Crippen LogP contribution in [0.4, 0.5) is 5.13 Å². The lowest BCUT2D eigenvalue weighted by atomic mass is 10.1. The highest BCUT2D eigenvalue weighted by molar-refractivity contribution is 7.09. The molecule has 0 atom stereocenters. The second-order valence-corrected chi connectivity index (χ2v) is 5.91. The molecule has 0 aliphatic heterocycles. The summed E-state index contributed by atoms with van der Waals surface area (Å²) in [6, 6.07) is 7.76. The number of nitrogens with two attached hydrogens (primary N) is 1. The number of nitrogens with zero attached hydrogens (tertiary/aromatic N) is 3. The SMILES string of the molecule is CN(Cc1cccc(C(=N)N)c1)c1nc(C2CC2)ns1. The highest BCUT2D eigenvalue weighted by Gasteiger charge is 2.28. The molecule has 3 N–H and O–H groups in total. The summed E-state index contributed by atoms with van der Waals surface area (Å²) in [4.78, 5) is 6.68. The smallest absolute Gasteiger partial charge is 0.205 e. The number of hydrogen-bond donors (Lipinski definition) is 2. The molecule has 0 spiro atoms. The van der Waals surface area contributed by atoms with Crippen molar-refractivity contribution >= 4 is 22.5 Å². The molecule has 3 rings (SSSR count). The number of amidine groups is 1. The molecule has 0 unspecified atom stereocenters. The normalized spacial score (nSPS) is 14.2. The monoisotopic (exact) mass is 287 g/mol. The molecule has 104 valence electrons. The van der Waals surface area contributed by atoms with Gasteiger partial charge < -0.3 is 10.6 Å². The van der Waals surface area contributed by atoms with Crippen LogP contribution in [0, 0.1) is 5.41 Å². The summed E-state index contributed by atoms with van der Waals surface area (Å²) in [5, 5.41) is 8.42. The van der Waals surface area contributed by atoms with E-state index in [1.165, 1.54) is 24.4 Å². The lowest BCUT2D eigenvalue weighted by molar-refractivity contribution is 0.895. The third kappa shape index (κ3) is 2.80. The van der Waals surface area contributed by atoms with Gasteiger partial charge in [0.25, 0.3) is 0 Å². The van der Waals surface area contributed by atoms with Gasteiger partial charge in [0.1, 0.15) is 11.7 Å². The Morgan fingerprint density at radius 2 is 2.30 bits per heavy atom. The summed E-state index contributed by atoms with van der Waals surface area (Å²) in [6.45, 7) is 0.737. The van der Waals surface area contributed by atoms with Crippen LogP contribution in [0.5, 0.6) is 0 Å². The van der Waals surface area contributed by atoms with E-state index in [9.17, 15) is 0 Å². The molecule has 20 heavy (non-hydrogen) atoms. The molecular formula is C14H17N5S. The van der Waals surface area contributed by atoms with E-state index in [2.05, 4.69) is 14.3 Å². The Morgan fingerprint density at radius 3 is 3.00 bits per heavy atom. The highest BCUT2D eigenvalue weighted by Crippen LogP contribution is 2.39. The van der Waals surface area contributed by atoms with Crippen molar-refractivity contribution in [3.63, 3.8) is 0 Å². The fraction of sp³-hybridized carbons (Fsp3) is 0.357. The molecule has 0 amide bonds. The van der Waals surface area contributed by atoms with Crippen LogP contribution in [-0.2, 0) is 6.54 Å². The summed E-state index contributed by atoms with van der Waals surface area (Å²) in [7, 11) is 2.01. The molecule has 1 heterocycles. The minimum atomic E-state index is 0.0986. The molecule has 0 bridgehead atoms. The molecule has 1 aliphatic carbocycles. The summed E-state index contributed by atoms with van der Waals surface area (Å²) < 4.78 is 4.42. The van der Waals surface area contributed by atoms with Crippen molar-refractivity contribution in [2.24, 2.45) is 5.73 Å². The molecule has 5 nitrogen and oxygen atoms in total. The lowest BCUT2D eigenvalue weighted by Crippen LogP contribution is -2.17. The van der Waals surface area contributed by atoms with Crippen molar-refractivity contribution in [2.75, 3.05) is 11.9 Å². The topological polar surface area (TPSA) is 78.9 Å². The van der Waals surface area contributed by atoms with E-state index in [0.29, 0.717) is 5.92 Å². The van der Waals surface area contributed by atoms with Gasteiger partial charge in [-0.1, -0.05) is 18.2 Å². The fourth-order valence-electron chi connectivity index (χ4n) is 2.07. The predicted octanol–water partition coefficient (Wildman–Crippen LogP) is 2.34. The van der Waals surface area contributed by atoms with Gasteiger partial charge in [0, 0.05) is 36.6 Å². The first-order valence-electron chi connectivity index (χ1n) is 6.61. The summed E-state index contributed by atoms with van der Waals surface area (Å²) in [5.41, 5.74) is 7.39. The molecule has 0 radical (unpaired) electrons. The number of aromatic nitrogens is 2. The summed E-state index contributed by atoms with van der Waals surface area (Å²) in [5.74, 6) is 1.69. The van der Waals surface area contributed by atoms with E-state index in [4.69, 9.17) is 11.1 Å². The maximum Gasteiger partial charge on any atom is 0.205 e. The Bertz CT molecular complexity index is 632. The molecule has 6 heteroatoms. The highest BCUT2D eigenvalue weighted by atomic mass is 32.1. The van der Waals surface area contributed by atoms with Crippen LogP contribution in [0.15, 0.2) is 24.3 Å². The average molecular weight is 287 g/mol. The lowest BCUT2D eigenvalue weighted by Gasteiger charge is -2.15. The van der Waals surface area contributed by atoms with Gasteiger partial charge in [-0.25, -0.2) is 4.98 Å². The van der Waals surface area contributed by atoms with Crippen molar-refractivity contribution < 1.29 is 0 Å². The molecule has 1 aromatic heterocycles. The van der Waals surface area contributed by atoms with E-state index in [0.717, 1.165) is 28.6 Å². The van der Waals surface area contributed by atoms with Crippen molar-refractivity contribution in [3.05, 3.63) is 41.2 Å². The Kier molecular flexibility index (Phi) is 3.40. The molecule has 1 aromatic carbocycles. The van der Waals surface area contributed by atoms with Crippen LogP contribution in [0.3, 0.4) is 0 Å². The maximum atomic E-state index is 7.48. The van der Waals surface area contributed by atoms with Gasteiger partial charge in [0.2, 0.25) is 5.13 Å². The van der Waals surface area contributed by atoms with Crippen molar-refractivity contribution in [1.29, 1.82) is 5.41 Å². The molecule has 1 aliphatic rings. The first-order valence-corrected chi connectivity index (χ1v) is 7.39. The van der Waals surface area contributed by atoms with Crippen LogP contribution in [0.2, 0.25) is 0 Å². The van der Waals surface area contributed by atoms with Crippen LogP contribution in [0.25, 0.3) is 0 Å². The van der Waals surface area contributed by atoms with Gasteiger partial charge in [-0.2, -0.15) is 4.37 Å². The number of nitrogens with one attached hydrogen (secondary N) is 1. The quantitative estimate of drug-likeness (QED) is 0.653. The van der Waals surface area contributed by atoms with Crippen molar-refractivity contribution in [3.8, 4) is 0 Å². The molecule has 2 aromatic rings. The first-order chi connectivity index (χ1) is 9.63. The van der Waals surface area contributed by atoms with E-state index in [1.807, 2.05) is 31.3 Å². The minimum Gasteiger partial charge on any atom is -0.384 e. The number of rotatable bonds is 5. The fourth-order valence-corrected chi connectivity index (χ4v) is 2.77. The first kappa shape index (κ1) is 13.1. The second-order valence-electron chi connectivity index (χ2n) is 5.18. The Balaban J connectivity index is 1.72. The maximum absolute atomic E-state index is 7.48. The number of benzene rings is 1. The van der Waals surface area contributed by atoms with Crippen LogP contribution < -0.4 is 10.6 Å². The second kappa shape index (κ2) is 5.20. The molecule has 0 saturated heterocycles. The van der Waals surface area contributed by atoms with Crippen LogP contribution in [0.1, 0.15) is 35.7 Å². The Labute approximate surface area is 122 Å². The van der Waals surface area contributed by atoms with E-state index in [-0.39, 0.29) is 5.84 Å². The van der Waals surface area contributed by atoms with Crippen LogP contribution in [-0.4, -0.2) is 22.2 Å². The van der Waals surface area contributed by atoms with Gasteiger partial charge in [-0.05, 0) is 24.5 Å². The third-order valence-corrected chi connectivity index (χ3v) is 4.20. The Morgan fingerprint density at radius 1 is 1.50 bits per heavy atom. The van der Waals surface area contributed by atoms with Crippen LogP contribution >= 0.6 is 11.5 Å². The molecular weight excluding hydrogens is 270 g/mol. The van der Waals surface area contributed by atoms with Gasteiger partial charge >= 0.3 is 0 Å². The van der Waals surface area contributed by atoms with Gasteiger partial charge in [0.05, 0.1) is 0 Å². The summed E-state index contributed by atoms with van der Waals surface area (Å²) in [6.07, 6.45) is 2.45. The zero-order valence-corrected chi connectivity index (χ0v) is 12.2. The molecule has 1 saturated carbocycles. The largest absolute Gasteiger partial charge is 0.384 e. The average Bonchev–Trinajstić information content (AvgIpc) is 3.16. The van der Waals surface area contributed by atoms with E-state index in [1.54, 1.807) is 0 Å². The number of hydrogen-bond acceptors (Lipinski definition) is 5. The predicted molar refractivity (Wildman–Crippen MR) is 81.4 cm³/mol. The van der Waals surface area contributed by atoms with Gasteiger partial charge in [0.15, 0.2) is 0 Å². The number of nitrogen functional groups attached to an aromatic ring is 1. The van der Waals surface area contributed by atoms with Crippen molar-refractivity contribution in [1.82, 2.24) is 9.36 Å². The van der Waals surface area contributed by atoms with Gasteiger partial charge in [-0.3, -0.25) is 5.41 Å². The standard InChI is InChI=1S/C14H17N5S/c1-19(14-17-13(18-20-14)10-5-6-10)8-9-3-2-4-11(7-9)12(15)16/h2-4,7,10H,5-6,8H2,1H3,(H3,15,16). The van der Waals surface area contributed by atoms with Gasteiger partial charge in [-0.15, -0.1) is 0 Å². The molecule has 1 fully saturated rings. The van der Waals surface area contributed by atoms with Crippen molar-refractivity contribution in [2.45, 2.75) is 25.3 Å². The third-order valence-electron chi connectivity index (χ3n) is 3.36. The van der Waals surface area contributed by atoms with E-state index >= 15 is 0 Å². The minimum absolute atomic E-state index is 0.0986. The Hall–Kier alpha value is -1.95. The zero-order valence-electron chi connectivity index (χ0n) is 11.3. The summed E-state index contributed by atoms with van der Waals surface area (Å²) >= 11 is 1.45. The number of anilines is 1. The zero-order chi connectivity index (χ0) is 14.1.